The molecule has 1 atom stereocenters. The molecule has 0 bridgehead atoms. The Morgan fingerprint density at radius 3 is 2.15 bits per heavy atom. The van der Waals surface area contributed by atoms with Gasteiger partial charge in [0, 0.05) is 5.92 Å². The first-order chi connectivity index (χ1) is 16.2. The highest BCUT2D eigenvalue weighted by Gasteiger charge is 2.31. The first-order valence-electron chi connectivity index (χ1n) is 10.7. The van der Waals surface area contributed by atoms with Crippen LogP contribution in [-0.2, 0) is 22.1 Å². The van der Waals surface area contributed by atoms with Gasteiger partial charge in [0.2, 0.25) is 0 Å². The van der Waals surface area contributed by atoms with Crippen molar-refractivity contribution >= 4 is 12.1 Å². The van der Waals surface area contributed by atoms with Crippen molar-refractivity contribution in [2.24, 2.45) is 0 Å². The molecule has 0 saturated heterocycles. The Morgan fingerprint density at radius 2 is 1.56 bits per heavy atom. The molecule has 0 fully saturated rings. The fourth-order valence-electron chi connectivity index (χ4n) is 4.25. The second-order valence-electron chi connectivity index (χ2n) is 8.10. The van der Waals surface area contributed by atoms with Crippen LogP contribution >= 0.6 is 0 Å². The van der Waals surface area contributed by atoms with Gasteiger partial charge in [-0.2, -0.15) is 13.2 Å². The molecule has 0 spiro atoms. The molecule has 0 unspecified atom stereocenters. The van der Waals surface area contributed by atoms with E-state index in [2.05, 4.69) is 5.32 Å². The van der Waals surface area contributed by atoms with E-state index in [1.54, 1.807) is 0 Å². The van der Waals surface area contributed by atoms with Crippen LogP contribution in [-0.4, -0.2) is 29.8 Å². The third-order valence-electron chi connectivity index (χ3n) is 5.91. The van der Waals surface area contributed by atoms with Crippen LogP contribution in [0.15, 0.2) is 72.8 Å². The summed E-state index contributed by atoms with van der Waals surface area (Å²) in [7, 11) is 0. The van der Waals surface area contributed by atoms with Crippen molar-refractivity contribution in [3.05, 3.63) is 95.1 Å². The molecule has 0 aliphatic heterocycles. The van der Waals surface area contributed by atoms with Crippen LogP contribution in [0.3, 0.4) is 0 Å². The molecule has 3 aromatic rings. The number of ether oxygens (including phenoxy) is 1. The summed E-state index contributed by atoms with van der Waals surface area (Å²) < 4.78 is 44.1. The van der Waals surface area contributed by atoms with E-state index in [-0.39, 0.29) is 25.4 Å². The lowest BCUT2D eigenvalue weighted by Gasteiger charge is -2.17. The first kappa shape index (κ1) is 23.4. The minimum atomic E-state index is -4.48. The van der Waals surface area contributed by atoms with Crippen molar-refractivity contribution in [2.75, 3.05) is 6.61 Å². The lowest BCUT2D eigenvalue weighted by atomic mass is 9.98. The Hall–Kier alpha value is -3.81. The average Bonchev–Trinajstić information content (AvgIpc) is 3.13. The van der Waals surface area contributed by atoms with E-state index in [1.165, 1.54) is 12.1 Å². The molecule has 4 rings (SSSR count). The molecule has 1 aliphatic rings. The fraction of sp³-hybridized carbons (Fsp3) is 0.231. The van der Waals surface area contributed by atoms with Crippen molar-refractivity contribution in [3.63, 3.8) is 0 Å². The molecule has 176 valence electrons. The molecule has 0 saturated carbocycles. The minimum Gasteiger partial charge on any atom is -0.480 e. The van der Waals surface area contributed by atoms with E-state index in [1.807, 2.05) is 48.5 Å². The number of rotatable bonds is 7. The third-order valence-corrected chi connectivity index (χ3v) is 5.91. The number of aryl methyl sites for hydroxylation is 1. The van der Waals surface area contributed by atoms with Gasteiger partial charge in [-0.1, -0.05) is 66.7 Å². The van der Waals surface area contributed by atoms with Gasteiger partial charge in [-0.3, -0.25) is 0 Å². The molecule has 0 radical (unpaired) electrons. The molecule has 0 aromatic heterocycles. The number of fused-ring (bicyclic) bond motifs is 3. The van der Waals surface area contributed by atoms with Gasteiger partial charge in [-0.15, -0.1) is 0 Å². The van der Waals surface area contributed by atoms with E-state index in [4.69, 9.17) is 4.74 Å². The number of carboxylic acids is 1. The number of alkyl carbamates (subject to hydrolysis) is 1. The highest BCUT2D eigenvalue weighted by molar-refractivity contribution is 5.81. The molecule has 8 heteroatoms. The van der Waals surface area contributed by atoms with Gasteiger partial charge < -0.3 is 15.2 Å². The van der Waals surface area contributed by atoms with Crippen molar-refractivity contribution < 1.29 is 32.6 Å². The first-order valence-corrected chi connectivity index (χ1v) is 10.7. The van der Waals surface area contributed by atoms with Gasteiger partial charge in [0.1, 0.15) is 12.6 Å². The number of amides is 1. The Balaban J connectivity index is 1.38. The number of aliphatic carboxylic acids is 1. The summed E-state index contributed by atoms with van der Waals surface area (Å²) >= 11 is 0. The Kier molecular flexibility index (Phi) is 6.58. The summed E-state index contributed by atoms with van der Waals surface area (Å²) in [5.41, 5.74) is 3.71. The Bertz CT molecular complexity index is 1160. The largest absolute Gasteiger partial charge is 0.480 e. The van der Waals surface area contributed by atoms with Gasteiger partial charge in [0.25, 0.3) is 0 Å². The molecule has 3 aromatic carbocycles. The van der Waals surface area contributed by atoms with E-state index < -0.39 is 29.8 Å². The zero-order chi connectivity index (χ0) is 24.3. The summed E-state index contributed by atoms with van der Waals surface area (Å²) in [6.45, 7) is 0.0276. The van der Waals surface area contributed by atoms with Gasteiger partial charge >= 0.3 is 18.2 Å². The highest BCUT2D eigenvalue weighted by Crippen LogP contribution is 2.44. The van der Waals surface area contributed by atoms with Gasteiger partial charge in [0.05, 0.1) is 5.56 Å². The van der Waals surface area contributed by atoms with Gasteiger partial charge in [-0.25, -0.2) is 9.59 Å². The van der Waals surface area contributed by atoms with Crippen molar-refractivity contribution in [1.82, 2.24) is 5.32 Å². The smallest absolute Gasteiger partial charge is 0.416 e. The second-order valence-corrected chi connectivity index (χ2v) is 8.10. The molecule has 0 heterocycles. The monoisotopic (exact) mass is 469 g/mol. The summed E-state index contributed by atoms with van der Waals surface area (Å²) in [6, 6.07) is 19.0. The van der Waals surface area contributed by atoms with Gasteiger partial charge in [0.15, 0.2) is 0 Å². The summed E-state index contributed by atoms with van der Waals surface area (Å²) in [5.74, 6) is -1.47. The third kappa shape index (κ3) is 5.06. The normalized spacial score (nSPS) is 13.6. The zero-order valence-electron chi connectivity index (χ0n) is 18.0. The predicted octanol–water partition coefficient (Wildman–Crippen LogP) is 5.63. The fourth-order valence-corrected chi connectivity index (χ4v) is 4.25. The quantitative estimate of drug-likeness (QED) is 0.470. The maximum absolute atomic E-state index is 12.9. The van der Waals surface area contributed by atoms with Crippen LogP contribution in [0.25, 0.3) is 11.1 Å². The van der Waals surface area contributed by atoms with E-state index in [9.17, 15) is 27.9 Å². The number of nitrogens with one attached hydrogen (secondary N) is 1. The predicted molar refractivity (Wildman–Crippen MR) is 119 cm³/mol. The number of alkyl halides is 3. The molecular formula is C26H22F3NO4. The van der Waals surface area contributed by atoms with E-state index in [0.717, 1.165) is 34.4 Å². The number of hydrogen-bond donors (Lipinski definition) is 2. The number of carbonyl (C=O) groups excluding carboxylic acids is 1. The molecule has 1 amide bonds. The van der Waals surface area contributed by atoms with Crippen LogP contribution in [0.5, 0.6) is 0 Å². The van der Waals surface area contributed by atoms with E-state index in [0.29, 0.717) is 5.56 Å². The maximum atomic E-state index is 12.9. The molecule has 34 heavy (non-hydrogen) atoms. The van der Waals surface area contributed by atoms with Crippen molar-refractivity contribution in [1.29, 1.82) is 0 Å². The molecular weight excluding hydrogens is 447 g/mol. The highest BCUT2D eigenvalue weighted by atomic mass is 19.4. The SMILES string of the molecule is O=C(N[C@@H](CCc1cccc(C(F)(F)F)c1)C(=O)O)OCC1c2ccccc2-c2ccccc21. The van der Waals surface area contributed by atoms with Crippen LogP contribution in [0, 0.1) is 0 Å². The number of halogens is 3. The maximum Gasteiger partial charge on any atom is 0.416 e. The van der Waals surface area contributed by atoms with E-state index >= 15 is 0 Å². The summed E-state index contributed by atoms with van der Waals surface area (Å²) in [6.07, 6.45) is -5.41. The number of carboxylic acid groups (broad SMARTS) is 1. The Morgan fingerprint density at radius 1 is 0.941 bits per heavy atom. The standard InChI is InChI=1S/C26H22F3NO4/c27-26(28,29)17-7-5-6-16(14-17)12-13-23(24(31)32)30-25(33)34-15-22-20-10-3-1-8-18(20)19-9-2-4-11-21(19)22/h1-11,14,22-23H,12-13,15H2,(H,30,33)(H,31,32)/t23-/m0/s1. The number of carbonyl (C=O) groups is 2. The number of hydrogen-bond acceptors (Lipinski definition) is 3. The van der Waals surface area contributed by atoms with Crippen molar-refractivity contribution in [3.8, 4) is 11.1 Å². The average molecular weight is 469 g/mol. The van der Waals surface area contributed by atoms with Crippen LogP contribution in [0.2, 0.25) is 0 Å². The zero-order valence-corrected chi connectivity index (χ0v) is 18.0. The number of benzene rings is 3. The van der Waals surface area contributed by atoms with Crippen LogP contribution in [0.1, 0.15) is 34.6 Å². The lowest BCUT2D eigenvalue weighted by molar-refractivity contribution is -0.140. The molecule has 5 nitrogen and oxygen atoms in total. The Labute approximate surface area is 194 Å². The van der Waals surface area contributed by atoms with Crippen LogP contribution < -0.4 is 5.32 Å². The summed E-state index contributed by atoms with van der Waals surface area (Å²) in [4.78, 5) is 24.0. The minimum absolute atomic E-state index is 0.0276. The lowest BCUT2D eigenvalue weighted by Crippen LogP contribution is -2.41. The summed E-state index contributed by atoms with van der Waals surface area (Å²) in [5, 5.41) is 11.8. The molecule has 1 aliphatic carbocycles. The molecule has 2 N–H and O–H groups in total. The second kappa shape index (κ2) is 9.59. The topological polar surface area (TPSA) is 75.6 Å². The van der Waals surface area contributed by atoms with Crippen molar-refractivity contribution in [2.45, 2.75) is 31.0 Å². The van der Waals surface area contributed by atoms with Gasteiger partial charge in [-0.05, 0) is 46.7 Å². The van der Waals surface area contributed by atoms with Crippen LogP contribution in [0.4, 0.5) is 18.0 Å².